The standard InChI is InChI=1S/C15H17Cl4NO4/c1-10(20-21)22-5-2-3-6-24-15-12(16)8-11(9-13(15)17)23-7-4-14(18)19/h4,8-9,21H,2-3,5-7H2,1H3. The average molecular weight is 417 g/mol. The van der Waals surface area contributed by atoms with Gasteiger partial charge in [-0.3, -0.25) is 0 Å². The van der Waals surface area contributed by atoms with Crippen LogP contribution in [-0.4, -0.2) is 30.9 Å². The summed E-state index contributed by atoms with van der Waals surface area (Å²) in [5, 5.41) is 12.0. The van der Waals surface area contributed by atoms with Crippen molar-refractivity contribution in [3.05, 3.63) is 32.7 Å². The van der Waals surface area contributed by atoms with Crippen LogP contribution >= 0.6 is 46.4 Å². The number of halogens is 4. The predicted octanol–water partition coefficient (Wildman–Crippen LogP) is 5.67. The SMILES string of the molecule is CC(=NO)OCCCCOc1c(Cl)cc(OCC=C(Cl)Cl)cc1Cl. The second-order valence-corrected chi connectivity index (χ2v) is 6.37. The Kier molecular flexibility index (Phi) is 10.1. The van der Waals surface area contributed by atoms with Gasteiger partial charge in [0.2, 0.25) is 5.90 Å². The van der Waals surface area contributed by atoms with Crippen LogP contribution in [0.5, 0.6) is 11.5 Å². The van der Waals surface area contributed by atoms with E-state index in [0.717, 1.165) is 12.8 Å². The molecule has 0 spiro atoms. The van der Waals surface area contributed by atoms with E-state index in [1.165, 1.54) is 6.08 Å². The van der Waals surface area contributed by atoms with Gasteiger partial charge in [0.25, 0.3) is 0 Å². The van der Waals surface area contributed by atoms with Crippen molar-refractivity contribution in [1.82, 2.24) is 0 Å². The summed E-state index contributed by atoms with van der Waals surface area (Å²) in [4.78, 5) is 0. The summed E-state index contributed by atoms with van der Waals surface area (Å²) in [5.74, 6) is 1.10. The highest BCUT2D eigenvalue weighted by atomic mass is 35.5. The molecular formula is C15H17Cl4NO4. The van der Waals surface area contributed by atoms with E-state index >= 15 is 0 Å². The zero-order valence-corrected chi connectivity index (χ0v) is 15.9. The molecule has 134 valence electrons. The Bertz CT molecular complexity index is 566. The van der Waals surface area contributed by atoms with Crippen molar-refractivity contribution in [2.24, 2.45) is 5.16 Å². The van der Waals surface area contributed by atoms with Gasteiger partial charge < -0.3 is 19.4 Å². The van der Waals surface area contributed by atoms with Crippen LogP contribution in [0.4, 0.5) is 0 Å². The van der Waals surface area contributed by atoms with E-state index in [-0.39, 0.29) is 17.0 Å². The van der Waals surface area contributed by atoms with E-state index in [2.05, 4.69) is 5.16 Å². The normalized spacial score (nSPS) is 11.1. The molecule has 1 aromatic rings. The van der Waals surface area contributed by atoms with Crippen LogP contribution in [0.15, 0.2) is 27.9 Å². The molecule has 0 fully saturated rings. The summed E-state index contributed by atoms with van der Waals surface area (Å²) < 4.78 is 16.2. The lowest BCUT2D eigenvalue weighted by molar-refractivity contribution is 0.235. The molecular weight excluding hydrogens is 400 g/mol. The molecule has 1 N–H and O–H groups in total. The highest BCUT2D eigenvalue weighted by Crippen LogP contribution is 2.37. The maximum absolute atomic E-state index is 8.43. The second-order valence-electron chi connectivity index (χ2n) is 4.54. The molecule has 0 aliphatic carbocycles. The van der Waals surface area contributed by atoms with Crippen molar-refractivity contribution >= 4 is 52.3 Å². The fourth-order valence-corrected chi connectivity index (χ4v) is 2.29. The van der Waals surface area contributed by atoms with Gasteiger partial charge in [-0.1, -0.05) is 51.6 Å². The Morgan fingerprint density at radius 1 is 1.12 bits per heavy atom. The van der Waals surface area contributed by atoms with Crippen LogP contribution in [0.3, 0.4) is 0 Å². The molecule has 0 saturated heterocycles. The Morgan fingerprint density at radius 2 is 1.75 bits per heavy atom. The molecule has 0 heterocycles. The van der Waals surface area contributed by atoms with Crippen LogP contribution < -0.4 is 9.47 Å². The highest BCUT2D eigenvalue weighted by molar-refractivity contribution is 6.55. The van der Waals surface area contributed by atoms with Crippen LogP contribution in [0, 0.1) is 0 Å². The molecule has 0 aliphatic heterocycles. The fraction of sp³-hybridized carbons (Fsp3) is 0.400. The second kappa shape index (κ2) is 11.5. The number of benzene rings is 1. The van der Waals surface area contributed by atoms with Gasteiger partial charge in [-0.15, -0.1) is 0 Å². The Hall–Kier alpha value is -1.01. The molecule has 0 saturated carbocycles. The van der Waals surface area contributed by atoms with Gasteiger partial charge in [-0.2, -0.15) is 0 Å². The predicted molar refractivity (Wildman–Crippen MR) is 97.3 cm³/mol. The summed E-state index contributed by atoms with van der Waals surface area (Å²) >= 11 is 23.3. The fourth-order valence-electron chi connectivity index (χ4n) is 1.59. The van der Waals surface area contributed by atoms with E-state index < -0.39 is 0 Å². The first kappa shape index (κ1) is 21.0. The quantitative estimate of drug-likeness (QED) is 0.185. The minimum atomic E-state index is 0.122. The Morgan fingerprint density at radius 3 is 2.33 bits per heavy atom. The van der Waals surface area contributed by atoms with E-state index in [1.807, 2.05) is 0 Å². The minimum Gasteiger partial charge on any atom is -0.490 e. The van der Waals surface area contributed by atoms with Gasteiger partial charge >= 0.3 is 0 Å². The average Bonchev–Trinajstić information content (AvgIpc) is 2.52. The van der Waals surface area contributed by atoms with Gasteiger partial charge in [0.15, 0.2) is 5.75 Å². The molecule has 0 bridgehead atoms. The first-order valence-electron chi connectivity index (χ1n) is 7.01. The summed E-state index contributed by atoms with van der Waals surface area (Å²) in [5.41, 5.74) is 0. The number of rotatable bonds is 9. The Labute approximate surface area is 160 Å². The van der Waals surface area contributed by atoms with Crippen molar-refractivity contribution in [3.63, 3.8) is 0 Å². The molecule has 24 heavy (non-hydrogen) atoms. The van der Waals surface area contributed by atoms with Gasteiger partial charge in [0.1, 0.15) is 16.8 Å². The molecule has 0 amide bonds. The molecule has 1 aromatic carbocycles. The molecule has 0 radical (unpaired) electrons. The van der Waals surface area contributed by atoms with Crippen LogP contribution in [0.2, 0.25) is 10.0 Å². The smallest absolute Gasteiger partial charge is 0.222 e. The van der Waals surface area contributed by atoms with Crippen molar-refractivity contribution in [3.8, 4) is 11.5 Å². The summed E-state index contributed by atoms with van der Waals surface area (Å²) in [6.07, 6.45) is 2.96. The van der Waals surface area contributed by atoms with Gasteiger partial charge in [-0.25, -0.2) is 0 Å². The van der Waals surface area contributed by atoms with Crippen LogP contribution in [0.1, 0.15) is 19.8 Å². The summed E-state index contributed by atoms with van der Waals surface area (Å²) in [6, 6.07) is 3.20. The highest BCUT2D eigenvalue weighted by Gasteiger charge is 2.10. The lowest BCUT2D eigenvalue weighted by Crippen LogP contribution is -2.04. The van der Waals surface area contributed by atoms with Crippen molar-refractivity contribution in [1.29, 1.82) is 0 Å². The third-order valence-electron chi connectivity index (χ3n) is 2.70. The lowest BCUT2D eigenvalue weighted by atomic mass is 10.3. The maximum atomic E-state index is 8.43. The van der Waals surface area contributed by atoms with Crippen molar-refractivity contribution < 1.29 is 19.4 Å². The lowest BCUT2D eigenvalue weighted by Gasteiger charge is -2.12. The monoisotopic (exact) mass is 415 g/mol. The number of ether oxygens (including phenoxy) is 3. The zero-order valence-electron chi connectivity index (χ0n) is 12.9. The molecule has 0 atom stereocenters. The first-order valence-corrected chi connectivity index (χ1v) is 8.52. The number of unbranched alkanes of at least 4 members (excludes halogenated alkanes) is 1. The number of hydrogen-bond donors (Lipinski definition) is 1. The largest absolute Gasteiger partial charge is 0.490 e. The van der Waals surface area contributed by atoms with Crippen LogP contribution in [-0.2, 0) is 4.74 Å². The number of oxime groups is 1. The summed E-state index contributed by atoms with van der Waals surface area (Å²) in [7, 11) is 0. The van der Waals surface area contributed by atoms with E-state index in [1.54, 1.807) is 19.1 Å². The van der Waals surface area contributed by atoms with Crippen LogP contribution in [0.25, 0.3) is 0 Å². The number of hydrogen-bond acceptors (Lipinski definition) is 5. The van der Waals surface area contributed by atoms with E-state index in [9.17, 15) is 0 Å². The van der Waals surface area contributed by atoms with Gasteiger partial charge in [-0.05, 0) is 18.9 Å². The molecule has 9 heteroatoms. The molecule has 5 nitrogen and oxygen atoms in total. The Balaban J connectivity index is 2.44. The van der Waals surface area contributed by atoms with Gasteiger partial charge in [0, 0.05) is 19.1 Å². The summed E-state index contributed by atoms with van der Waals surface area (Å²) in [6.45, 7) is 2.62. The van der Waals surface area contributed by atoms with Crippen molar-refractivity contribution in [2.75, 3.05) is 19.8 Å². The first-order chi connectivity index (χ1) is 11.4. The maximum Gasteiger partial charge on any atom is 0.222 e. The third-order valence-corrected chi connectivity index (χ3v) is 3.57. The topological polar surface area (TPSA) is 60.3 Å². The van der Waals surface area contributed by atoms with Gasteiger partial charge in [0.05, 0.1) is 23.3 Å². The molecule has 0 aromatic heterocycles. The molecule has 1 rings (SSSR count). The minimum absolute atomic E-state index is 0.122. The van der Waals surface area contributed by atoms with E-state index in [0.29, 0.717) is 34.8 Å². The molecule has 0 aliphatic rings. The van der Waals surface area contributed by atoms with E-state index in [4.69, 9.17) is 65.8 Å². The number of nitrogens with zero attached hydrogens (tertiary/aromatic N) is 1. The van der Waals surface area contributed by atoms with Crippen molar-refractivity contribution in [2.45, 2.75) is 19.8 Å². The molecule has 0 unspecified atom stereocenters. The zero-order chi connectivity index (χ0) is 17.9. The third kappa shape index (κ3) is 8.20.